The number of nitrogens with one attached hydrogen (secondary N) is 5. The molecule has 2 fully saturated rings. The average molecular weight is 445 g/mol. The van der Waals surface area contributed by atoms with E-state index in [4.69, 9.17) is 11.6 Å². The van der Waals surface area contributed by atoms with Crippen molar-refractivity contribution in [2.75, 3.05) is 33.7 Å². The molecule has 5 N–H and O–H groups in total. The van der Waals surface area contributed by atoms with Crippen LogP contribution >= 0.6 is 11.6 Å². The van der Waals surface area contributed by atoms with Crippen LogP contribution in [0.3, 0.4) is 0 Å². The maximum Gasteiger partial charge on any atom is 0.522 e. The third-order valence-electron chi connectivity index (χ3n) is 4.93. The second-order valence-electron chi connectivity index (χ2n) is 7.75. The minimum Gasteiger partial charge on any atom is -0.335 e. The summed E-state index contributed by atoms with van der Waals surface area (Å²) in [4.78, 5) is 14.4. The maximum absolute atomic E-state index is 12.4. The van der Waals surface area contributed by atoms with Gasteiger partial charge in [-0.25, -0.2) is 4.79 Å². The number of hydrogen-bond acceptors (Lipinski definition) is 6. The summed E-state index contributed by atoms with van der Waals surface area (Å²) in [5, 5.41) is 14.6. The minimum absolute atomic E-state index is 0.0888. The molecule has 0 aromatic heterocycles. The molecule has 2 rings (SSSR count). The largest absolute Gasteiger partial charge is 0.522 e. The summed E-state index contributed by atoms with van der Waals surface area (Å²) in [7, 11) is 4.06. The summed E-state index contributed by atoms with van der Waals surface area (Å²) in [5.41, 5.74) is 0. The summed E-state index contributed by atoms with van der Waals surface area (Å²) < 4.78 is 41.1. The molecule has 0 bridgehead atoms. The van der Waals surface area contributed by atoms with Crippen LogP contribution in [0.4, 0.5) is 18.0 Å². The van der Waals surface area contributed by atoms with E-state index in [1.165, 1.54) is 0 Å². The molecule has 5 atom stereocenters. The Morgan fingerprint density at radius 3 is 2.66 bits per heavy atom. The van der Waals surface area contributed by atoms with Gasteiger partial charge in [0.05, 0.1) is 17.6 Å². The van der Waals surface area contributed by atoms with Gasteiger partial charge in [-0.15, -0.1) is 24.8 Å². The highest BCUT2D eigenvalue weighted by molar-refractivity contribution is 6.21. The van der Waals surface area contributed by atoms with Crippen molar-refractivity contribution in [3.63, 3.8) is 0 Å². The predicted molar refractivity (Wildman–Crippen MR) is 104 cm³/mol. The number of carbonyl (C=O) groups is 1. The van der Waals surface area contributed by atoms with E-state index >= 15 is 0 Å². The number of rotatable bonds is 8. The Morgan fingerprint density at radius 2 is 2.00 bits per heavy atom. The summed E-state index contributed by atoms with van der Waals surface area (Å²) >= 11 is 6.03. The first kappa shape index (κ1) is 24.4. The van der Waals surface area contributed by atoms with E-state index in [1.54, 1.807) is 0 Å². The van der Waals surface area contributed by atoms with Gasteiger partial charge in [0.1, 0.15) is 6.29 Å². The van der Waals surface area contributed by atoms with Crippen molar-refractivity contribution in [2.24, 2.45) is 0 Å². The van der Waals surface area contributed by atoms with Gasteiger partial charge in [-0.1, -0.05) is 0 Å². The molecule has 0 radical (unpaired) electrons. The first-order chi connectivity index (χ1) is 13.6. The van der Waals surface area contributed by atoms with Crippen molar-refractivity contribution in [3.8, 4) is 0 Å². The number of nitrogens with zero attached hydrogens (tertiary/aromatic N) is 1. The molecule has 170 valence electrons. The third kappa shape index (κ3) is 9.67. The van der Waals surface area contributed by atoms with E-state index in [0.717, 1.165) is 32.5 Å². The molecule has 0 aromatic carbocycles. The normalized spacial score (nSPS) is 30.9. The van der Waals surface area contributed by atoms with E-state index in [1.807, 2.05) is 14.1 Å². The van der Waals surface area contributed by atoms with Crippen molar-refractivity contribution in [3.05, 3.63) is 0 Å². The van der Waals surface area contributed by atoms with E-state index in [2.05, 4.69) is 36.2 Å². The SMILES string of the molecule is CN(C)CCCNC1CCNC(NC(=O)NC2CCC(OC(F)(F)F)C(Cl)C2)N1. The van der Waals surface area contributed by atoms with Crippen LogP contribution in [-0.2, 0) is 4.74 Å². The molecule has 1 aliphatic carbocycles. The van der Waals surface area contributed by atoms with Crippen molar-refractivity contribution >= 4 is 17.6 Å². The maximum atomic E-state index is 12.4. The molecule has 12 heteroatoms. The van der Waals surface area contributed by atoms with Gasteiger partial charge in [-0.2, -0.15) is 0 Å². The smallest absolute Gasteiger partial charge is 0.335 e. The molecule has 0 spiro atoms. The summed E-state index contributed by atoms with van der Waals surface area (Å²) in [6.45, 7) is 2.61. The van der Waals surface area contributed by atoms with Gasteiger partial charge in [-0.3, -0.25) is 15.4 Å². The lowest BCUT2D eigenvalue weighted by Crippen LogP contribution is -2.66. The highest BCUT2D eigenvalue weighted by Gasteiger charge is 2.39. The highest BCUT2D eigenvalue weighted by atomic mass is 35.5. The van der Waals surface area contributed by atoms with Gasteiger partial charge in [0.25, 0.3) is 0 Å². The number of hydrogen-bond donors (Lipinski definition) is 5. The quantitative estimate of drug-likeness (QED) is 0.284. The fourth-order valence-corrected chi connectivity index (χ4v) is 3.91. The van der Waals surface area contributed by atoms with Crippen LogP contribution in [0, 0.1) is 0 Å². The lowest BCUT2D eigenvalue weighted by Gasteiger charge is -2.35. The molecule has 8 nitrogen and oxygen atoms in total. The predicted octanol–water partition coefficient (Wildman–Crippen LogP) is 1.08. The molecule has 0 aromatic rings. The molecular weight excluding hydrogens is 413 g/mol. The zero-order chi connectivity index (χ0) is 21.4. The second-order valence-corrected chi connectivity index (χ2v) is 8.31. The Bertz CT molecular complexity index is 514. The van der Waals surface area contributed by atoms with Crippen molar-refractivity contribution < 1.29 is 22.7 Å². The Kier molecular flexibility index (Phi) is 9.70. The minimum atomic E-state index is -4.70. The summed E-state index contributed by atoms with van der Waals surface area (Å²) in [6.07, 6.45) is -3.45. The van der Waals surface area contributed by atoms with Crippen LogP contribution in [0.15, 0.2) is 0 Å². The monoisotopic (exact) mass is 444 g/mol. The van der Waals surface area contributed by atoms with Gasteiger partial charge < -0.3 is 20.9 Å². The van der Waals surface area contributed by atoms with E-state index < -0.39 is 30.2 Å². The summed E-state index contributed by atoms with van der Waals surface area (Å²) in [5.74, 6) is 0. The highest BCUT2D eigenvalue weighted by Crippen LogP contribution is 2.31. The lowest BCUT2D eigenvalue weighted by atomic mass is 9.92. The molecule has 5 unspecified atom stereocenters. The number of ether oxygens (including phenoxy) is 1. The van der Waals surface area contributed by atoms with Crippen molar-refractivity contribution in [2.45, 2.75) is 68.4 Å². The Labute approximate surface area is 174 Å². The van der Waals surface area contributed by atoms with Gasteiger partial charge in [-0.05, 0) is 59.3 Å². The lowest BCUT2D eigenvalue weighted by molar-refractivity contribution is -0.344. The van der Waals surface area contributed by atoms with Crippen molar-refractivity contribution in [1.82, 2.24) is 31.5 Å². The molecule has 1 aliphatic heterocycles. The molecule has 2 aliphatic rings. The Hall–Kier alpha value is -0.850. The van der Waals surface area contributed by atoms with Gasteiger partial charge >= 0.3 is 12.4 Å². The molecule has 29 heavy (non-hydrogen) atoms. The number of alkyl halides is 4. The van der Waals surface area contributed by atoms with Crippen LogP contribution in [0.1, 0.15) is 32.1 Å². The number of carbonyl (C=O) groups excluding carboxylic acids is 1. The standard InChI is InChI=1S/C17H32ClF3N6O2/c1-27(2)9-3-7-22-14-6-8-23-15(25-14)26-16(28)24-11-4-5-13(12(18)10-11)29-17(19,20)21/h11-15,22-23,25H,3-10H2,1-2H3,(H2,24,26,28). The number of urea groups is 1. The van der Waals surface area contributed by atoms with Crippen LogP contribution in [-0.4, -0.2) is 81.0 Å². The Morgan fingerprint density at radius 1 is 1.24 bits per heavy atom. The van der Waals surface area contributed by atoms with E-state index in [-0.39, 0.29) is 25.0 Å². The Balaban J connectivity index is 1.67. The molecule has 1 saturated carbocycles. The molecule has 2 amide bonds. The molecule has 1 heterocycles. The van der Waals surface area contributed by atoms with Crippen molar-refractivity contribution in [1.29, 1.82) is 0 Å². The number of halogens is 4. The molecule has 1 saturated heterocycles. The van der Waals surface area contributed by atoms with Crippen LogP contribution in [0.2, 0.25) is 0 Å². The zero-order valence-corrected chi connectivity index (χ0v) is 17.6. The van der Waals surface area contributed by atoms with E-state index in [0.29, 0.717) is 6.42 Å². The summed E-state index contributed by atoms with van der Waals surface area (Å²) in [6, 6.07) is -0.693. The van der Waals surface area contributed by atoms with Crippen LogP contribution in [0.25, 0.3) is 0 Å². The fourth-order valence-electron chi connectivity index (χ4n) is 3.52. The third-order valence-corrected chi connectivity index (χ3v) is 5.39. The van der Waals surface area contributed by atoms with E-state index in [9.17, 15) is 18.0 Å². The van der Waals surface area contributed by atoms with Gasteiger partial charge in [0.15, 0.2) is 0 Å². The molecular formula is C17H32ClF3N6O2. The first-order valence-electron chi connectivity index (χ1n) is 9.95. The first-order valence-corrected chi connectivity index (χ1v) is 10.4. The average Bonchev–Trinajstić information content (AvgIpc) is 2.60. The van der Waals surface area contributed by atoms with Crippen LogP contribution < -0.4 is 26.6 Å². The second kappa shape index (κ2) is 11.5. The fraction of sp³-hybridized carbons (Fsp3) is 0.941. The van der Waals surface area contributed by atoms with Gasteiger partial charge in [0, 0.05) is 12.6 Å². The zero-order valence-electron chi connectivity index (χ0n) is 16.8. The van der Waals surface area contributed by atoms with Crippen LogP contribution in [0.5, 0.6) is 0 Å². The van der Waals surface area contributed by atoms with Gasteiger partial charge in [0.2, 0.25) is 0 Å². The topological polar surface area (TPSA) is 89.7 Å². The number of amides is 2.